The zero-order chi connectivity index (χ0) is 16.8. The van der Waals surface area contributed by atoms with Crippen molar-refractivity contribution in [2.24, 2.45) is 0 Å². The molecule has 3 N–H and O–H groups in total. The fourth-order valence-corrected chi connectivity index (χ4v) is 2.98. The number of urea groups is 1. The molecule has 1 heterocycles. The maximum absolute atomic E-state index is 12.3. The van der Waals surface area contributed by atoms with E-state index in [2.05, 4.69) is 20.9 Å². The lowest BCUT2D eigenvalue weighted by molar-refractivity contribution is -0.126. The Kier molecular flexibility index (Phi) is 8.48. The molecule has 1 aromatic carbocycles. The standard InChI is InChI=1S/C16H23ClN4O2.ClH/c1-3-19-16(23)20-15(22)11(2)21-8-7-18-10-14(21)12-5-4-6-13(17)9-12;/h4-6,9,11,14,18H,3,7-8,10H2,1-2H3,(H2,19,20,22,23);1H. The number of carbonyl (C=O) groups is 2. The number of nitrogens with one attached hydrogen (secondary N) is 3. The Morgan fingerprint density at radius 2 is 2.21 bits per heavy atom. The first-order chi connectivity index (χ1) is 11.0. The van der Waals surface area contributed by atoms with Crippen LogP contribution in [0.5, 0.6) is 0 Å². The van der Waals surface area contributed by atoms with Gasteiger partial charge in [-0.05, 0) is 31.5 Å². The van der Waals surface area contributed by atoms with Crippen molar-refractivity contribution >= 4 is 35.9 Å². The molecular formula is C16H24Cl2N4O2. The van der Waals surface area contributed by atoms with Crippen LogP contribution in [-0.4, -0.2) is 49.1 Å². The molecule has 0 aliphatic carbocycles. The van der Waals surface area contributed by atoms with E-state index in [1.165, 1.54) is 0 Å². The number of hydrogen-bond donors (Lipinski definition) is 3. The Hall–Kier alpha value is -1.34. The number of amides is 3. The number of carbonyl (C=O) groups excluding carboxylic acids is 2. The highest BCUT2D eigenvalue weighted by Crippen LogP contribution is 2.26. The highest BCUT2D eigenvalue weighted by Gasteiger charge is 2.31. The second kappa shape index (κ2) is 9.84. The molecule has 1 aliphatic rings. The van der Waals surface area contributed by atoms with Crippen LogP contribution >= 0.6 is 24.0 Å². The summed E-state index contributed by atoms with van der Waals surface area (Å²) in [6, 6.07) is 6.83. The monoisotopic (exact) mass is 374 g/mol. The van der Waals surface area contributed by atoms with E-state index in [0.29, 0.717) is 11.6 Å². The minimum absolute atomic E-state index is 0. The fraction of sp³-hybridized carbons (Fsp3) is 0.500. The Bertz CT molecular complexity index is 571. The maximum Gasteiger partial charge on any atom is 0.321 e. The van der Waals surface area contributed by atoms with Gasteiger partial charge in [0, 0.05) is 37.2 Å². The third-order valence-corrected chi connectivity index (χ3v) is 4.20. The molecule has 8 heteroatoms. The van der Waals surface area contributed by atoms with Gasteiger partial charge in [-0.1, -0.05) is 23.7 Å². The zero-order valence-electron chi connectivity index (χ0n) is 13.8. The van der Waals surface area contributed by atoms with E-state index in [1.807, 2.05) is 31.2 Å². The molecule has 0 radical (unpaired) electrons. The summed E-state index contributed by atoms with van der Waals surface area (Å²) in [5.74, 6) is -0.301. The number of piperazine rings is 1. The Morgan fingerprint density at radius 3 is 2.88 bits per heavy atom. The number of nitrogens with zero attached hydrogens (tertiary/aromatic N) is 1. The number of imide groups is 1. The van der Waals surface area contributed by atoms with Crippen LogP contribution in [0, 0.1) is 0 Å². The summed E-state index contributed by atoms with van der Waals surface area (Å²) in [5, 5.41) is 8.97. The van der Waals surface area contributed by atoms with Crippen LogP contribution < -0.4 is 16.0 Å². The molecule has 2 atom stereocenters. The van der Waals surface area contributed by atoms with Gasteiger partial charge >= 0.3 is 6.03 Å². The molecule has 1 saturated heterocycles. The fourth-order valence-electron chi connectivity index (χ4n) is 2.78. The van der Waals surface area contributed by atoms with Gasteiger partial charge in [0.2, 0.25) is 5.91 Å². The quantitative estimate of drug-likeness (QED) is 0.752. The minimum atomic E-state index is -0.459. The molecule has 134 valence electrons. The molecule has 24 heavy (non-hydrogen) atoms. The maximum atomic E-state index is 12.3. The van der Waals surface area contributed by atoms with Crippen molar-refractivity contribution in [3.8, 4) is 0 Å². The van der Waals surface area contributed by atoms with Gasteiger partial charge in [-0.15, -0.1) is 12.4 Å². The van der Waals surface area contributed by atoms with Gasteiger partial charge in [-0.25, -0.2) is 4.79 Å². The lowest BCUT2D eigenvalue weighted by Gasteiger charge is -2.39. The van der Waals surface area contributed by atoms with E-state index in [0.717, 1.165) is 25.2 Å². The van der Waals surface area contributed by atoms with Crippen molar-refractivity contribution in [1.29, 1.82) is 0 Å². The predicted octanol–water partition coefficient (Wildman–Crippen LogP) is 1.94. The zero-order valence-corrected chi connectivity index (χ0v) is 15.4. The summed E-state index contributed by atoms with van der Waals surface area (Å²) in [6.45, 7) is 6.36. The van der Waals surface area contributed by atoms with Crippen LogP contribution in [0.3, 0.4) is 0 Å². The van der Waals surface area contributed by atoms with E-state index in [4.69, 9.17) is 11.6 Å². The van der Waals surface area contributed by atoms with Gasteiger partial charge in [0.05, 0.1) is 6.04 Å². The first-order valence-corrected chi connectivity index (χ1v) is 8.21. The minimum Gasteiger partial charge on any atom is -0.338 e. The first kappa shape index (κ1) is 20.7. The van der Waals surface area contributed by atoms with Crippen molar-refractivity contribution in [3.63, 3.8) is 0 Å². The summed E-state index contributed by atoms with van der Waals surface area (Å²) in [4.78, 5) is 26.0. The van der Waals surface area contributed by atoms with Crippen LogP contribution in [0.2, 0.25) is 5.02 Å². The topological polar surface area (TPSA) is 73.5 Å². The van der Waals surface area contributed by atoms with Crippen LogP contribution in [0.25, 0.3) is 0 Å². The Morgan fingerprint density at radius 1 is 1.46 bits per heavy atom. The van der Waals surface area contributed by atoms with Crippen molar-refractivity contribution in [1.82, 2.24) is 20.9 Å². The number of halogens is 2. The molecule has 1 aromatic rings. The van der Waals surface area contributed by atoms with Gasteiger partial charge in [0.15, 0.2) is 0 Å². The average molecular weight is 375 g/mol. The van der Waals surface area contributed by atoms with E-state index >= 15 is 0 Å². The summed E-state index contributed by atoms with van der Waals surface area (Å²) in [7, 11) is 0. The molecule has 2 unspecified atom stereocenters. The van der Waals surface area contributed by atoms with Crippen molar-refractivity contribution in [2.75, 3.05) is 26.2 Å². The average Bonchev–Trinajstić information content (AvgIpc) is 2.54. The van der Waals surface area contributed by atoms with Gasteiger partial charge in [-0.3, -0.25) is 15.0 Å². The third kappa shape index (κ3) is 5.34. The Labute approximate surface area is 153 Å². The lowest BCUT2D eigenvalue weighted by Crippen LogP contribution is -2.55. The second-order valence-corrected chi connectivity index (χ2v) is 5.97. The molecule has 3 amide bonds. The normalized spacial score (nSPS) is 19.0. The molecule has 0 saturated carbocycles. The van der Waals surface area contributed by atoms with Gasteiger partial charge in [-0.2, -0.15) is 0 Å². The molecule has 1 aliphatic heterocycles. The number of rotatable bonds is 4. The van der Waals surface area contributed by atoms with Crippen molar-refractivity contribution < 1.29 is 9.59 Å². The van der Waals surface area contributed by atoms with E-state index in [9.17, 15) is 9.59 Å². The molecule has 0 aromatic heterocycles. The SMILES string of the molecule is CCNC(=O)NC(=O)C(C)N1CCNCC1c1cccc(Cl)c1.Cl. The van der Waals surface area contributed by atoms with Crippen LogP contribution in [0.1, 0.15) is 25.5 Å². The molecule has 2 rings (SSSR count). The van der Waals surface area contributed by atoms with Crippen molar-refractivity contribution in [2.45, 2.75) is 25.9 Å². The largest absolute Gasteiger partial charge is 0.338 e. The summed E-state index contributed by atoms with van der Waals surface area (Å²) in [6.07, 6.45) is 0. The van der Waals surface area contributed by atoms with Gasteiger partial charge < -0.3 is 10.6 Å². The first-order valence-electron chi connectivity index (χ1n) is 7.83. The number of benzene rings is 1. The number of hydrogen-bond acceptors (Lipinski definition) is 4. The van der Waals surface area contributed by atoms with Crippen LogP contribution in [-0.2, 0) is 4.79 Å². The van der Waals surface area contributed by atoms with E-state index in [1.54, 1.807) is 6.92 Å². The summed E-state index contributed by atoms with van der Waals surface area (Å²) < 4.78 is 0. The molecule has 6 nitrogen and oxygen atoms in total. The predicted molar refractivity (Wildman–Crippen MR) is 97.7 cm³/mol. The van der Waals surface area contributed by atoms with Gasteiger partial charge in [0.1, 0.15) is 0 Å². The summed E-state index contributed by atoms with van der Waals surface area (Å²) in [5.41, 5.74) is 1.06. The summed E-state index contributed by atoms with van der Waals surface area (Å²) >= 11 is 6.09. The highest BCUT2D eigenvalue weighted by molar-refractivity contribution is 6.30. The molecule has 0 spiro atoms. The molecule has 0 bridgehead atoms. The third-order valence-electron chi connectivity index (χ3n) is 3.97. The second-order valence-electron chi connectivity index (χ2n) is 5.54. The Balaban J connectivity index is 0.00000288. The molecule has 1 fully saturated rings. The lowest BCUT2D eigenvalue weighted by atomic mass is 10.0. The van der Waals surface area contributed by atoms with Crippen molar-refractivity contribution in [3.05, 3.63) is 34.9 Å². The van der Waals surface area contributed by atoms with Crippen LogP contribution in [0.15, 0.2) is 24.3 Å². The van der Waals surface area contributed by atoms with Crippen LogP contribution in [0.4, 0.5) is 4.79 Å². The smallest absolute Gasteiger partial charge is 0.321 e. The van der Waals surface area contributed by atoms with E-state index in [-0.39, 0.29) is 24.4 Å². The van der Waals surface area contributed by atoms with Gasteiger partial charge in [0.25, 0.3) is 0 Å². The van der Waals surface area contributed by atoms with E-state index < -0.39 is 12.1 Å². The molecular weight excluding hydrogens is 351 g/mol. The highest BCUT2D eigenvalue weighted by atomic mass is 35.5.